The zero-order valence-electron chi connectivity index (χ0n) is 9.37. The fourth-order valence-corrected chi connectivity index (χ4v) is 1.67. The number of hydrogen-bond donors (Lipinski definition) is 2. The Balaban J connectivity index is 2.07. The van der Waals surface area contributed by atoms with Crippen LogP contribution in [-0.4, -0.2) is 56.2 Å². The van der Waals surface area contributed by atoms with E-state index in [0.29, 0.717) is 13.0 Å². The van der Waals surface area contributed by atoms with Gasteiger partial charge in [0.1, 0.15) is 0 Å². The van der Waals surface area contributed by atoms with Crippen molar-refractivity contribution >= 4 is 5.91 Å². The summed E-state index contributed by atoms with van der Waals surface area (Å²) < 4.78 is 5.60. The summed E-state index contributed by atoms with van der Waals surface area (Å²) >= 11 is 0. The maximum absolute atomic E-state index is 10.5. The molecule has 0 bridgehead atoms. The number of rotatable bonds is 6. The highest BCUT2D eigenvalue weighted by Crippen LogP contribution is 2.03. The van der Waals surface area contributed by atoms with Gasteiger partial charge in [0.15, 0.2) is 0 Å². The van der Waals surface area contributed by atoms with Gasteiger partial charge in [0, 0.05) is 32.6 Å². The maximum Gasteiger partial charge on any atom is 0.218 e. The molecule has 0 aromatic rings. The molecule has 1 heterocycles. The highest BCUT2D eigenvalue weighted by atomic mass is 16.5. The summed E-state index contributed by atoms with van der Waals surface area (Å²) in [5.41, 5.74) is 5.04. The molecule has 0 spiro atoms. The van der Waals surface area contributed by atoms with Crippen LogP contribution < -0.4 is 11.1 Å². The molecule has 1 unspecified atom stereocenters. The van der Waals surface area contributed by atoms with E-state index in [-0.39, 0.29) is 12.0 Å². The third kappa shape index (κ3) is 5.11. The third-order valence-corrected chi connectivity index (χ3v) is 2.59. The molecule has 0 radical (unpaired) electrons. The molecule has 3 N–H and O–H groups in total. The molecule has 1 rings (SSSR count). The van der Waals surface area contributed by atoms with E-state index in [1.165, 1.54) is 0 Å². The molecular weight excluding hydrogens is 194 g/mol. The minimum absolute atomic E-state index is 0.242. The van der Waals surface area contributed by atoms with E-state index < -0.39 is 0 Å². The molecule has 1 aliphatic heterocycles. The van der Waals surface area contributed by atoms with Crippen LogP contribution in [-0.2, 0) is 9.53 Å². The number of likely N-dealkylation sites (N-methyl/N-ethyl adjacent to an activating group) is 1. The molecule has 5 nitrogen and oxygen atoms in total. The van der Waals surface area contributed by atoms with Crippen molar-refractivity contribution in [1.29, 1.82) is 0 Å². The summed E-state index contributed by atoms with van der Waals surface area (Å²) in [4.78, 5) is 12.9. The van der Waals surface area contributed by atoms with Gasteiger partial charge in [-0.1, -0.05) is 6.92 Å². The highest BCUT2D eigenvalue weighted by molar-refractivity contribution is 5.73. The van der Waals surface area contributed by atoms with Crippen LogP contribution in [0.4, 0.5) is 0 Å². The van der Waals surface area contributed by atoms with Gasteiger partial charge in [-0.05, 0) is 6.54 Å². The van der Waals surface area contributed by atoms with Crippen molar-refractivity contribution in [2.24, 2.45) is 5.73 Å². The van der Waals surface area contributed by atoms with Gasteiger partial charge in [0.25, 0.3) is 0 Å². The van der Waals surface area contributed by atoms with E-state index in [1.54, 1.807) is 0 Å². The van der Waals surface area contributed by atoms with Gasteiger partial charge in [-0.25, -0.2) is 0 Å². The average molecular weight is 215 g/mol. The highest BCUT2D eigenvalue weighted by Gasteiger charge is 2.18. The van der Waals surface area contributed by atoms with Crippen molar-refractivity contribution in [3.63, 3.8) is 0 Å². The van der Waals surface area contributed by atoms with E-state index in [9.17, 15) is 4.79 Å². The van der Waals surface area contributed by atoms with Crippen molar-refractivity contribution in [1.82, 2.24) is 10.2 Å². The van der Waals surface area contributed by atoms with Crippen molar-refractivity contribution in [3.8, 4) is 0 Å². The fraction of sp³-hybridized carbons (Fsp3) is 0.900. The lowest BCUT2D eigenvalue weighted by atomic mass is 10.2. The lowest BCUT2D eigenvalue weighted by Crippen LogP contribution is -2.46. The number of carbonyl (C=O) groups is 1. The Labute approximate surface area is 90.9 Å². The smallest absolute Gasteiger partial charge is 0.218 e. The zero-order valence-corrected chi connectivity index (χ0v) is 9.37. The van der Waals surface area contributed by atoms with Crippen molar-refractivity contribution in [2.75, 3.05) is 39.3 Å². The second kappa shape index (κ2) is 6.76. The summed E-state index contributed by atoms with van der Waals surface area (Å²) in [6, 6.07) is 0. The molecule has 1 fully saturated rings. The van der Waals surface area contributed by atoms with Crippen LogP contribution in [0.2, 0.25) is 0 Å². The summed E-state index contributed by atoms with van der Waals surface area (Å²) in [5.74, 6) is -0.262. The van der Waals surface area contributed by atoms with Crippen LogP contribution in [0.3, 0.4) is 0 Å². The number of primary amides is 1. The summed E-state index contributed by atoms with van der Waals surface area (Å²) in [5, 5.41) is 3.18. The average Bonchev–Trinajstić information content (AvgIpc) is 2.24. The number of nitrogens with zero attached hydrogens (tertiary/aromatic N) is 1. The molecule has 0 saturated carbocycles. The number of carbonyl (C=O) groups excluding carboxylic acids is 1. The Hall–Kier alpha value is -0.650. The number of amides is 1. The number of morpholine rings is 1. The van der Waals surface area contributed by atoms with Gasteiger partial charge in [-0.3, -0.25) is 9.69 Å². The van der Waals surface area contributed by atoms with Gasteiger partial charge in [0.05, 0.1) is 12.7 Å². The first-order valence-electron chi connectivity index (χ1n) is 5.55. The van der Waals surface area contributed by atoms with E-state index in [4.69, 9.17) is 10.5 Å². The van der Waals surface area contributed by atoms with Gasteiger partial charge in [-0.2, -0.15) is 0 Å². The third-order valence-electron chi connectivity index (χ3n) is 2.59. The van der Waals surface area contributed by atoms with Crippen LogP contribution in [0, 0.1) is 0 Å². The molecular formula is C10H21N3O2. The van der Waals surface area contributed by atoms with E-state index in [0.717, 1.165) is 32.8 Å². The Bertz CT molecular complexity index is 199. The normalized spacial score (nSPS) is 22.9. The predicted molar refractivity (Wildman–Crippen MR) is 58.5 cm³/mol. The Morgan fingerprint density at radius 3 is 3.13 bits per heavy atom. The van der Waals surface area contributed by atoms with Crippen molar-refractivity contribution in [3.05, 3.63) is 0 Å². The van der Waals surface area contributed by atoms with Crippen LogP contribution in [0.5, 0.6) is 0 Å². The summed E-state index contributed by atoms with van der Waals surface area (Å²) in [6.45, 7) is 7.46. The number of ether oxygens (including phenoxy) is 1. The van der Waals surface area contributed by atoms with Crippen molar-refractivity contribution in [2.45, 2.75) is 19.4 Å². The molecule has 1 aliphatic rings. The van der Waals surface area contributed by atoms with Crippen LogP contribution in [0.15, 0.2) is 0 Å². The summed E-state index contributed by atoms with van der Waals surface area (Å²) in [7, 11) is 0. The number of nitrogens with one attached hydrogen (secondary N) is 1. The van der Waals surface area contributed by atoms with Gasteiger partial charge in [-0.15, -0.1) is 0 Å². The van der Waals surface area contributed by atoms with Crippen molar-refractivity contribution < 1.29 is 9.53 Å². The lowest BCUT2D eigenvalue weighted by Gasteiger charge is -2.32. The zero-order chi connectivity index (χ0) is 11.1. The fourth-order valence-electron chi connectivity index (χ4n) is 1.67. The predicted octanol–water partition coefficient (Wildman–Crippen LogP) is -0.828. The molecule has 1 saturated heterocycles. The number of hydrogen-bond acceptors (Lipinski definition) is 4. The molecule has 1 atom stereocenters. The van der Waals surface area contributed by atoms with Crippen LogP contribution in [0.1, 0.15) is 13.3 Å². The topological polar surface area (TPSA) is 67.6 Å². The molecule has 0 aromatic heterocycles. The molecule has 0 aliphatic carbocycles. The SMILES string of the molecule is CCN1CCOC(CNCCC(N)=O)C1. The van der Waals surface area contributed by atoms with Crippen LogP contribution in [0.25, 0.3) is 0 Å². The Morgan fingerprint density at radius 1 is 1.67 bits per heavy atom. The molecule has 15 heavy (non-hydrogen) atoms. The molecule has 88 valence electrons. The quantitative estimate of drug-likeness (QED) is 0.568. The second-order valence-corrected chi connectivity index (χ2v) is 3.81. The van der Waals surface area contributed by atoms with E-state index in [1.807, 2.05) is 0 Å². The minimum Gasteiger partial charge on any atom is -0.374 e. The second-order valence-electron chi connectivity index (χ2n) is 3.81. The first kappa shape index (κ1) is 12.4. The summed E-state index contributed by atoms with van der Waals surface area (Å²) in [6.07, 6.45) is 0.635. The molecule has 1 amide bonds. The first-order chi connectivity index (χ1) is 7.22. The molecule has 0 aromatic carbocycles. The van der Waals surface area contributed by atoms with Gasteiger partial charge in [0.2, 0.25) is 5.91 Å². The Morgan fingerprint density at radius 2 is 2.47 bits per heavy atom. The van der Waals surface area contributed by atoms with Gasteiger partial charge >= 0.3 is 0 Å². The standard InChI is InChI=1S/C10H21N3O2/c1-2-13-5-6-15-9(8-13)7-12-4-3-10(11)14/h9,12H,2-8H2,1H3,(H2,11,14). The lowest BCUT2D eigenvalue weighted by molar-refractivity contribution is -0.117. The van der Waals surface area contributed by atoms with E-state index in [2.05, 4.69) is 17.1 Å². The van der Waals surface area contributed by atoms with Gasteiger partial charge < -0.3 is 15.8 Å². The molecule has 5 heteroatoms. The monoisotopic (exact) mass is 215 g/mol. The minimum atomic E-state index is -0.262. The first-order valence-corrected chi connectivity index (χ1v) is 5.55. The number of nitrogens with two attached hydrogens (primary N) is 1. The maximum atomic E-state index is 10.5. The Kier molecular flexibility index (Phi) is 5.60. The largest absolute Gasteiger partial charge is 0.374 e. The van der Waals surface area contributed by atoms with Crippen LogP contribution >= 0.6 is 0 Å². The van der Waals surface area contributed by atoms with E-state index >= 15 is 0 Å².